The molecule has 0 aliphatic carbocycles. The number of carbonyl (C=O) groups excluding carboxylic acids is 2. The minimum Gasteiger partial charge on any atom is -0.378 e. The Bertz CT molecular complexity index is 1230. The highest BCUT2D eigenvalue weighted by Crippen LogP contribution is 2.36. The number of alkyl halides is 3. The van der Waals surface area contributed by atoms with Gasteiger partial charge in [-0.2, -0.15) is 13.2 Å². The van der Waals surface area contributed by atoms with E-state index in [1.807, 2.05) is 0 Å². The van der Waals surface area contributed by atoms with Gasteiger partial charge in [0.25, 0.3) is 5.91 Å². The molecule has 0 bridgehead atoms. The fourth-order valence-corrected chi connectivity index (χ4v) is 3.68. The van der Waals surface area contributed by atoms with Crippen molar-refractivity contribution in [1.82, 2.24) is 20.6 Å². The fourth-order valence-electron chi connectivity index (χ4n) is 3.68. The highest BCUT2D eigenvalue weighted by atomic mass is 19.4. The molecule has 1 saturated heterocycles. The summed E-state index contributed by atoms with van der Waals surface area (Å²) < 4.78 is 58.3. The standard InChI is InChI=1S/C24H21F4N5O3/c25-17-3-6-20(19(9-17)24(26,27)28)32-18-4-1-15(2-5-18)10-31-22(35)23(7-8-36-13-23)33-21(34)16-11-29-14-30-12-16/h1-6,9,11-12,14,32H,7-8,10,13H2,(H,31,35)(H,33,34). The average Bonchev–Trinajstić information content (AvgIpc) is 3.34. The molecule has 1 atom stereocenters. The first kappa shape index (κ1) is 25.0. The van der Waals surface area contributed by atoms with E-state index in [-0.39, 0.29) is 30.8 Å². The van der Waals surface area contributed by atoms with Crippen molar-refractivity contribution in [3.05, 3.63) is 83.7 Å². The van der Waals surface area contributed by atoms with E-state index >= 15 is 0 Å². The predicted octanol–water partition coefficient (Wildman–Crippen LogP) is 3.58. The van der Waals surface area contributed by atoms with Gasteiger partial charge in [0.2, 0.25) is 5.91 Å². The maximum absolute atomic E-state index is 13.3. The lowest BCUT2D eigenvalue weighted by Gasteiger charge is -2.27. The molecular weight excluding hydrogens is 482 g/mol. The van der Waals surface area contributed by atoms with E-state index in [1.165, 1.54) is 30.9 Å². The Labute approximate surface area is 203 Å². The van der Waals surface area contributed by atoms with Crippen LogP contribution in [0.3, 0.4) is 0 Å². The van der Waals surface area contributed by atoms with E-state index in [4.69, 9.17) is 4.74 Å². The Morgan fingerprint density at radius 3 is 2.42 bits per heavy atom. The molecule has 36 heavy (non-hydrogen) atoms. The summed E-state index contributed by atoms with van der Waals surface area (Å²) >= 11 is 0. The van der Waals surface area contributed by atoms with Gasteiger partial charge in [0.15, 0.2) is 0 Å². The van der Waals surface area contributed by atoms with Crippen LogP contribution in [-0.2, 0) is 22.3 Å². The van der Waals surface area contributed by atoms with Gasteiger partial charge in [0.05, 0.1) is 23.4 Å². The average molecular weight is 503 g/mol. The number of anilines is 2. The van der Waals surface area contributed by atoms with Crippen LogP contribution in [0.2, 0.25) is 0 Å². The number of halogens is 4. The summed E-state index contributed by atoms with van der Waals surface area (Å²) in [6.07, 6.45) is -0.489. The Hall–Kier alpha value is -4.06. The first-order valence-corrected chi connectivity index (χ1v) is 10.8. The van der Waals surface area contributed by atoms with Crippen molar-refractivity contribution in [3.63, 3.8) is 0 Å². The van der Waals surface area contributed by atoms with Gasteiger partial charge < -0.3 is 20.7 Å². The molecule has 1 aliphatic rings. The van der Waals surface area contributed by atoms with Crippen molar-refractivity contribution < 1.29 is 31.9 Å². The molecule has 12 heteroatoms. The maximum Gasteiger partial charge on any atom is 0.418 e. The van der Waals surface area contributed by atoms with Crippen LogP contribution in [0.4, 0.5) is 28.9 Å². The van der Waals surface area contributed by atoms with Gasteiger partial charge >= 0.3 is 6.18 Å². The van der Waals surface area contributed by atoms with Gasteiger partial charge in [0.1, 0.15) is 17.7 Å². The lowest BCUT2D eigenvalue weighted by molar-refractivity contribution is -0.137. The minimum absolute atomic E-state index is 0.000328. The number of aromatic nitrogens is 2. The third-order valence-corrected chi connectivity index (χ3v) is 5.60. The smallest absolute Gasteiger partial charge is 0.378 e. The van der Waals surface area contributed by atoms with Gasteiger partial charge in [0, 0.05) is 37.7 Å². The van der Waals surface area contributed by atoms with E-state index in [2.05, 4.69) is 25.9 Å². The Morgan fingerprint density at radius 1 is 1.06 bits per heavy atom. The van der Waals surface area contributed by atoms with Gasteiger partial charge in [-0.25, -0.2) is 14.4 Å². The van der Waals surface area contributed by atoms with Crippen molar-refractivity contribution in [1.29, 1.82) is 0 Å². The third kappa shape index (κ3) is 5.77. The van der Waals surface area contributed by atoms with Crippen LogP contribution in [-0.4, -0.2) is 40.5 Å². The van der Waals surface area contributed by atoms with E-state index in [0.717, 1.165) is 12.1 Å². The zero-order valence-corrected chi connectivity index (χ0v) is 18.7. The van der Waals surface area contributed by atoms with Crippen molar-refractivity contribution in [3.8, 4) is 0 Å². The van der Waals surface area contributed by atoms with Crippen LogP contribution in [0, 0.1) is 5.82 Å². The molecule has 4 rings (SSSR count). The van der Waals surface area contributed by atoms with Crippen molar-refractivity contribution in [2.24, 2.45) is 0 Å². The topological polar surface area (TPSA) is 105 Å². The molecule has 1 fully saturated rings. The van der Waals surface area contributed by atoms with Crippen LogP contribution < -0.4 is 16.0 Å². The van der Waals surface area contributed by atoms with Gasteiger partial charge in [-0.15, -0.1) is 0 Å². The Morgan fingerprint density at radius 2 is 1.78 bits per heavy atom. The molecule has 2 aromatic carbocycles. The van der Waals surface area contributed by atoms with Crippen LogP contribution in [0.25, 0.3) is 0 Å². The van der Waals surface area contributed by atoms with Crippen LogP contribution in [0.1, 0.15) is 27.9 Å². The van der Waals surface area contributed by atoms with Crippen LogP contribution in [0.5, 0.6) is 0 Å². The molecule has 1 aliphatic heterocycles. The lowest BCUT2D eigenvalue weighted by atomic mass is 9.96. The Balaban J connectivity index is 1.39. The molecule has 3 N–H and O–H groups in total. The first-order valence-electron chi connectivity index (χ1n) is 10.8. The second-order valence-corrected chi connectivity index (χ2v) is 8.16. The Kier molecular flexibility index (Phi) is 7.15. The largest absolute Gasteiger partial charge is 0.418 e. The summed E-state index contributed by atoms with van der Waals surface area (Å²) in [7, 11) is 0. The SMILES string of the molecule is O=C(NC1(C(=O)NCc2ccc(Nc3ccc(F)cc3C(F)(F)F)cc2)CCOC1)c1cncnc1. The molecule has 8 nitrogen and oxygen atoms in total. The fraction of sp³-hybridized carbons (Fsp3) is 0.250. The van der Waals surface area contributed by atoms with Gasteiger partial charge in [-0.05, 0) is 35.9 Å². The number of ether oxygens (including phenoxy) is 1. The quantitative estimate of drug-likeness (QED) is 0.426. The first-order chi connectivity index (χ1) is 17.2. The molecule has 3 aromatic rings. The van der Waals surface area contributed by atoms with Crippen LogP contribution in [0.15, 0.2) is 61.2 Å². The molecule has 0 spiro atoms. The monoisotopic (exact) mass is 503 g/mol. The van der Waals surface area contributed by atoms with Gasteiger partial charge in [-0.1, -0.05) is 12.1 Å². The van der Waals surface area contributed by atoms with E-state index in [9.17, 15) is 27.2 Å². The summed E-state index contributed by atoms with van der Waals surface area (Å²) in [6, 6.07) is 8.71. The predicted molar refractivity (Wildman–Crippen MR) is 121 cm³/mol. The van der Waals surface area contributed by atoms with E-state index in [0.29, 0.717) is 23.9 Å². The van der Waals surface area contributed by atoms with Crippen LogP contribution >= 0.6 is 0 Å². The summed E-state index contributed by atoms with van der Waals surface area (Å²) in [5, 5.41) is 8.12. The molecule has 188 valence electrons. The number of rotatable bonds is 7. The zero-order chi connectivity index (χ0) is 25.8. The number of benzene rings is 2. The molecule has 1 unspecified atom stereocenters. The maximum atomic E-state index is 13.3. The zero-order valence-electron chi connectivity index (χ0n) is 18.7. The van der Waals surface area contributed by atoms with Crippen molar-refractivity contribution >= 4 is 23.2 Å². The molecule has 1 aromatic heterocycles. The third-order valence-electron chi connectivity index (χ3n) is 5.60. The summed E-state index contributed by atoms with van der Waals surface area (Å²) in [6.45, 7) is 0.401. The lowest BCUT2D eigenvalue weighted by Crippen LogP contribution is -2.59. The van der Waals surface area contributed by atoms with E-state index in [1.54, 1.807) is 12.1 Å². The van der Waals surface area contributed by atoms with Crippen molar-refractivity contribution in [2.45, 2.75) is 24.7 Å². The number of hydrogen-bond acceptors (Lipinski definition) is 6. The summed E-state index contributed by atoms with van der Waals surface area (Å²) in [4.78, 5) is 33.1. The number of nitrogens with one attached hydrogen (secondary N) is 3. The summed E-state index contributed by atoms with van der Waals surface area (Å²) in [5.74, 6) is -1.93. The normalized spacial score (nSPS) is 17.4. The summed E-state index contributed by atoms with van der Waals surface area (Å²) in [5.41, 5.74) is -1.44. The molecule has 0 radical (unpaired) electrons. The number of nitrogens with zero attached hydrogens (tertiary/aromatic N) is 2. The van der Waals surface area contributed by atoms with Crippen molar-refractivity contribution in [2.75, 3.05) is 18.5 Å². The molecule has 0 saturated carbocycles. The minimum atomic E-state index is -4.72. The molecule has 2 heterocycles. The highest BCUT2D eigenvalue weighted by molar-refractivity contribution is 5.99. The molecular formula is C24H21F4N5O3. The highest BCUT2D eigenvalue weighted by Gasteiger charge is 2.43. The number of carbonyl (C=O) groups is 2. The second kappa shape index (κ2) is 10.3. The number of amides is 2. The number of hydrogen-bond donors (Lipinski definition) is 3. The molecule has 2 amide bonds. The van der Waals surface area contributed by atoms with E-state index < -0.39 is 34.9 Å². The van der Waals surface area contributed by atoms with Gasteiger partial charge in [-0.3, -0.25) is 9.59 Å². The second-order valence-electron chi connectivity index (χ2n) is 8.16.